The minimum Gasteiger partial charge on any atom is -0.497 e. The van der Waals surface area contributed by atoms with Gasteiger partial charge in [-0.25, -0.2) is 0 Å². The van der Waals surface area contributed by atoms with Crippen LogP contribution in [-0.2, 0) is 0 Å². The minimum absolute atomic E-state index is 0.0970. The van der Waals surface area contributed by atoms with Gasteiger partial charge in [0.15, 0.2) is 11.5 Å². The number of carbonyl (C=O) groups is 1. The van der Waals surface area contributed by atoms with Crippen molar-refractivity contribution >= 4 is 5.91 Å². The summed E-state index contributed by atoms with van der Waals surface area (Å²) >= 11 is 0. The fourth-order valence-corrected chi connectivity index (χ4v) is 4.68. The SMILES string of the molecule is COc1ccc([C@@H](CNC(=O)c2cn[nH]c2-c2ccc3c(c2)OCCO3)N2CCCCC2)cc1. The van der Waals surface area contributed by atoms with Gasteiger partial charge in [-0.1, -0.05) is 18.6 Å². The molecule has 8 heteroatoms. The minimum atomic E-state index is -0.158. The highest BCUT2D eigenvalue weighted by Crippen LogP contribution is 2.35. The zero-order valence-corrected chi connectivity index (χ0v) is 19.4. The summed E-state index contributed by atoms with van der Waals surface area (Å²) in [6, 6.07) is 13.9. The van der Waals surface area contributed by atoms with Crippen LogP contribution < -0.4 is 19.5 Å². The Morgan fingerprint density at radius 2 is 1.85 bits per heavy atom. The summed E-state index contributed by atoms with van der Waals surface area (Å²) in [7, 11) is 1.67. The predicted molar refractivity (Wildman–Crippen MR) is 129 cm³/mol. The van der Waals surface area contributed by atoms with Gasteiger partial charge in [0.1, 0.15) is 19.0 Å². The van der Waals surface area contributed by atoms with Crippen molar-refractivity contribution in [3.63, 3.8) is 0 Å². The number of fused-ring (bicyclic) bond motifs is 1. The standard InChI is InChI=1S/C26H30N4O4/c1-32-20-8-5-18(6-9-20)22(30-11-3-2-4-12-30)17-27-26(31)21-16-28-29-25(21)19-7-10-23-24(15-19)34-14-13-33-23/h5-10,15-16,22H,2-4,11-14,17H2,1H3,(H,27,31)(H,28,29)/t22-/m1/s1. The highest BCUT2D eigenvalue weighted by molar-refractivity contribution is 5.99. The number of nitrogens with one attached hydrogen (secondary N) is 2. The summed E-state index contributed by atoms with van der Waals surface area (Å²) in [5.41, 5.74) is 3.16. The fraction of sp³-hybridized carbons (Fsp3) is 0.385. The number of nitrogens with zero attached hydrogens (tertiary/aromatic N) is 2. The van der Waals surface area contributed by atoms with Gasteiger partial charge in [0.05, 0.1) is 30.6 Å². The molecule has 0 bridgehead atoms. The molecule has 2 N–H and O–H groups in total. The average Bonchev–Trinajstić information content (AvgIpc) is 3.40. The van der Waals surface area contributed by atoms with Gasteiger partial charge in [-0.15, -0.1) is 0 Å². The molecule has 34 heavy (non-hydrogen) atoms. The lowest BCUT2D eigenvalue weighted by Crippen LogP contribution is -2.40. The Hall–Kier alpha value is -3.52. The summed E-state index contributed by atoms with van der Waals surface area (Å²) in [5.74, 6) is 2.06. The van der Waals surface area contributed by atoms with Gasteiger partial charge in [-0.05, 0) is 61.8 Å². The third kappa shape index (κ3) is 4.72. The van der Waals surface area contributed by atoms with E-state index < -0.39 is 0 Å². The maximum absolute atomic E-state index is 13.2. The van der Waals surface area contributed by atoms with Gasteiger partial charge < -0.3 is 19.5 Å². The molecule has 3 aromatic rings. The summed E-state index contributed by atoms with van der Waals surface area (Å²) < 4.78 is 16.6. The number of amides is 1. The number of H-pyrrole nitrogens is 1. The lowest BCUT2D eigenvalue weighted by Gasteiger charge is -2.35. The van der Waals surface area contributed by atoms with Crippen molar-refractivity contribution in [2.24, 2.45) is 0 Å². The second-order valence-corrected chi connectivity index (χ2v) is 8.61. The quantitative estimate of drug-likeness (QED) is 0.555. The number of methoxy groups -OCH3 is 1. The van der Waals surface area contributed by atoms with Crippen LogP contribution in [0.1, 0.15) is 41.2 Å². The molecule has 0 radical (unpaired) electrons. The third-order valence-electron chi connectivity index (χ3n) is 6.50. The number of hydrogen-bond acceptors (Lipinski definition) is 6. The normalized spacial score (nSPS) is 16.6. The Morgan fingerprint density at radius 1 is 1.09 bits per heavy atom. The van der Waals surface area contributed by atoms with E-state index in [0.717, 1.165) is 24.4 Å². The number of aromatic nitrogens is 2. The molecule has 2 aliphatic heterocycles. The maximum atomic E-state index is 13.2. The average molecular weight is 463 g/mol. The number of hydrogen-bond donors (Lipinski definition) is 2. The van der Waals surface area contributed by atoms with Crippen molar-refractivity contribution in [2.75, 3.05) is 40.0 Å². The molecule has 2 aliphatic rings. The molecule has 0 unspecified atom stereocenters. The van der Waals surface area contributed by atoms with E-state index in [0.29, 0.717) is 42.5 Å². The zero-order chi connectivity index (χ0) is 23.3. The second kappa shape index (κ2) is 10.2. The highest BCUT2D eigenvalue weighted by Gasteiger charge is 2.24. The van der Waals surface area contributed by atoms with Crippen LogP contribution in [0, 0.1) is 0 Å². The van der Waals surface area contributed by atoms with Gasteiger partial charge in [0, 0.05) is 12.1 Å². The molecule has 0 aliphatic carbocycles. The Kier molecular flexibility index (Phi) is 6.67. The van der Waals surface area contributed by atoms with E-state index in [1.807, 2.05) is 30.3 Å². The topological polar surface area (TPSA) is 88.7 Å². The number of ether oxygens (including phenoxy) is 3. The van der Waals surface area contributed by atoms with E-state index in [2.05, 4.69) is 32.5 Å². The van der Waals surface area contributed by atoms with E-state index in [9.17, 15) is 4.79 Å². The van der Waals surface area contributed by atoms with E-state index in [1.165, 1.54) is 24.8 Å². The first-order valence-electron chi connectivity index (χ1n) is 11.8. The van der Waals surface area contributed by atoms with E-state index in [1.54, 1.807) is 13.3 Å². The fourth-order valence-electron chi connectivity index (χ4n) is 4.68. The molecule has 1 fully saturated rings. The molecular formula is C26H30N4O4. The van der Waals surface area contributed by atoms with Crippen LogP contribution in [0.3, 0.4) is 0 Å². The molecule has 0 spiro atoms. The van der Waals surface area contributed by atoms with Crippen LogP contribution in [0.2, 0.25) is 0 Å². The van der Waals surface area contributed by atoms with Crippen LogP contribution in [0.25, 0.3) is 11.3 Å². The Morgan fingerprint density at radius 3 is 2.62 bits per heavy atom. The maximum Gasteiger partial charge on any atom is 0.255 e. The first-order valence-corrected chi connectivity index (χ1v) is 11.8. The van der Waals surface area contributed by atoms with Gasteiger partial charge in [0.2, 0.25) is 0 Å². The van der Waals surface area contributed by atoms with E-state index in [4.69, 9.17) is 14.2 Å². The molecule has 1 aromatic heterocycles. The summed E-state index contributed by atoms with van der Waals surface area (Å²) in [6.07, 6.45) is 5.18. The van der Waals surface area contributed by atoms with Crippen LogP contribution >= 0.6 is 0 Å². The molecule has 2 aromatic carbocycles. The molecule has 178 valence electrons. The Labute approximate surface area is 199 Å². The van der Waals surface area contributed by atoms with Crippen LogP contribution in [0.4, 0.5) is 0 Å². The summed E-state index contributed by atoms with van der Waals surface area (Å²) in [5, 5.41) is 10.3. The van der Waals surface area contributed by atoms with Crippen LogP contribution in [0.15, 0.2) is 48.7 Å². The molecule has 1 atom stereocenters. The third-order valence-corrected chi connectivity index (χ3v) is 6.50. The molecule has 3 heterocycles. The molecule has 1 saturated heterocycles. The second-order valence-electron chi connectivity index (χ2n) is 8.61. The van der Waals surface area contributed by atoms with Crippen molar-refractivity contribution in [1.29, 1.82) is 0 Å². The van der Waals surface area contributed by atoms with Gasteiger partial charge in [0.25, 0.3) is 5.91 Å². The van der Waals surface area contributed by atoms with Crippen molar-refractivity contribution in [1.82, 2.24) is 20.4 Å². The van der Waals surface area contributed by atoms with Crippen molar-refractivity contribution in [3.05, 3.63) is 59.8 Å². The Bertz CT molecular complexity index is 1120. The highest BCUT2D eigenvalue weighted by atomic mass is 16.6. The molecule has 0 saturated carbocycles. The zero-order valence-electron chi connectivity index (χ0n) is 19.4. The van der Waals surface area contributed by atoms with Crippen LogP contribution in [0.5, 0.6) is 17.2 Å². The number of benzene rings is 2. The van der Waals surface area contributed by atoms with Crippen molar-refractivity contribution < 1.29 is 19.0 Å². The predicted octanol–water partition coefficient (Wildman–Crippen LogP) is 3.81. The monoisotopic (exact) mass is 462 g/mol. The molecule has 5 rings (SSSR count). The molecular weight excluding hydrogens is 432 g/mol. The number of carbonyl (C=O) groups excluding carboxylic acids is 1. The van der Waals surface area contributed by atoms with Gasteiger partial charge in [-0.3, -0.25) is 14.8 Å². The van der Waals surface area contributed by atoms with Gasteiger partial charge in [-0.2, -0.15) is 5.10 Å². The van der Waals surface area contributed by atoms with Crippen molar-refractivity contribution in [2.45, 2.75) is 25.3 Å². The molecule has 1 amide bonds. The lowest BCUT2D eigenvalue weighted by atomic mass is 10.0. The number of piperidine rings is 1. The summed E-state index contributed by atoms with van der Waals surface area (Å²) in [4.78, 5) is 15.7. The summed E-state index contributed by atoms with van der Waals surface area (Å²) in [6.45, 7) is 3.62. The Balaban J connectivity index is 1.33. The van der Waals surface area contributed by atoms with Gasteiger partial charge >= 0.3 is 0 Å². The largest absolute Gasteiger partial charge is 0.497 e. The number of likely N-dealkylation sites (tertiary alicyclic amines) is 1. The molecule has 8 nitrogen and oxygen atoms in total. The lowest BCUT2D eigenvalue weighted by molar-refractivity contribution is 0.0925. The first-order chi connectivity index (χ1) is 16.7. The van der Waals surface area contributed by atoms with Crippen LogP contribution in [-0.4, -0.2) is 61.0 Å². The van der Waals surface area contributed by atoms with E-state index in [-0.39, 0.29) is 11.9 Å². The van der Waals surface area contributed by atoms with E-state index >= 15 is 0 Å². The number of aromatic amines is 1. The number of rotatable bonds is 7. The van der Waals surface area contributed by atoms with Crippen molar-refractivity contribution in [3.8, 4) is 28.5 Å². The smallest absolute Gasteiger partial charge is 0.255 e. The first kappa shape index (κ1) is 22.3.